The van der Waals surface area contributed by atoms with Gasteiger partial charge in [-0.1, -0.05) is 29.3 Å². The van der Waals surface area contributed by atoms with Gasteiger partial charge in [-0.3, -0.25) is 4.79 Å². The number of carbonyl (C=O) groups excluding carboxylic acids is 2. The third-order valence-corrected chi connectivity index (χ3v) is 5.95. The van der Waals surface area contributed by atoms with Gasteiger partial charge in [-0.2, -0.15) is 0 Å². The molecule has 1 saturated heterocycles. The Morgan fingerprint density at radius 2 is 1.81 bits per heavy atom. The minimum atomic E-state index is -0.167. The van der Waals surface area contributed by atoms with Crippen molar-refractivity contribution < 1.29 is 9.59 Å². The molecule has 0 radical (unpaired) electrons. The van der Waals surface area contributed by atoms with E-state index in [1.165, 1.54) is 11.3 Å². The summed E-state index contributed by atoms with van der Waals surface area (Å²) in [6.45, 7) is 2.36. The average molecular weight is 426 g/mol. The monoisotopic (exact) mass is 425 g/mol. The predicted molar refractivity (Wildman–Crippen MR) is 111 cm³/mol. The van der Waals surface area contributed by atoms with Crippen molar-refractivity contribution in [3.05, 3.63) is 50.6 Å². The number of aryl methyl sites for hydroxylation is 1. The van der Waals surface area contributed by atoms with Crippen LogP contribution in [0.2, 0.25) is 9.36 Å². The van der Waals surface area contributed by atoms with Crippen LogP contribution in [0.1, 0.15) is 17.7 Å². The molecule has 0 atom stereocenters. The Labute approximate surface area is 172 Å². The van der Waals surface area contributed by atoms with Gasteiger partial charge in [0, 0.05) is 48.2 Å². The van der Waals surface area contributed by atoms with Crippen molar-refractivity contribution in [3.8, 4) is 0 Å². The molecule has 3 rings (SSSR count). The zero-order valence-corrected chi connectivity index (χ0v) is 17.1. The van der Waals surface area contributed by atoms with E-state index in [-0.39, 0.29) is 11.9 Å². The fraction of sp³-hybridized carbons (Fsp3) is 0.368. The molecule has 0 unspecified atom stereocenters. The summed E-state index contributed by atoms with van der Waals surface area (Å²) in [7, 11) is 0. The first-order valence-electron chi connectivity index (χ1n) is 8.85. The number of benzene rings is 1. The third-order valence-electron chi connectivity index (χ3n) is 4.43. The molecule has 27 heavy (non-hydrogen) atoms. The Bertz CT molecular complexity index is 812. The van der Waals surface area contributed by atoms with Crippen molar-refractivity contribution in [3.63, 3.8) is 0 Å². The molecule has 1 aromatic carbocycles. The Kier molecular flexibility index (Phi) is 6.99. The third kappa shape index (κ3) is 5.86. The summed E-state index contributed by atoms with van der Waals surface area (Å²) < 4.78 is 0.744. The van der Waals surface area contributed by atoms with Gasteiger partial charge in [0.15, 0.2) is 0 Å². The Balaban J connectivity index is 1.49. The zero-order valence-electron chi connectivity index (χ0n) is 14.8. The summed E-state index contributed by atoms with van der Waals surface area (Å²) in [6, 6.07) is 10.7. The molecule has 2 aromatic rings. The van der Waals surface area contributed by atoms with Crippen LogP contribution in [0, 0.1) is 0 Å². The van der Waals surface area contributed by atoms with Crippen molar-refractivity contribution in [2.24, 2.45) is 0 Å². The predicted octanol–water partition coefficient (Wildman–Crippen LogP) is 4.75. The lowest BCUT2D eigenvalue weighted by Gasteiger charge is -2.22. The van der Waals surface area contributed by atoms with Crippen molar-refractivity contribution in [1.82, 2.24) is 9.80 Å². The van der Waals surface area contributed by atoms with E-state index < -0.39 is 0 Å². The maximum atomic E-state index is 12.5. The normalized spacial score (nSPS) is 14.7. The highest BCUT2D eigenvalue weighted by atomic mass is 35.5. The standard InChI is InChI=1S/C19H21Cl2N3O2S/c20-14-3-1-4-15(13-14)22-19(26)24-10-2-9-23(11-12-24)18(25)8-6-16-5-7-17(21)27-16/h1,3-5,7,13H,2,6,8-12H2,(H,22,26). The van der Waals surface area contributed by atoms with Gasteiger partial charge in [-0.15, -0.1) is 11.3 Å². The van der Waals surface area contributed by atoms with E-state index in [4.69, 9.17) is 23.2 Å². The Hall–Kier alpha value is -1.76. The minimum absolute atomic E-state index is 0.122. The SMILES string of the molecule is O=C(CCc1ccc(Cl)s1)N1CCCN(C(=O)Nc2cccc(Cl)c2)CC1. The van der Waals surface area contributed by atoms with Crippen LogP contribution in [0.15, 0.2) is 36.4 Å². The summed E-state index contributed by atoms with van der Waals surface area (Å²) >= 11 is 13.4. The van der Waals surface area contributed by atoms with E-state index in [2.05, 4.69) is 5.32 Å². The van der Waals surface area contributed by atoms with E-state index in [0.29, 0.717) is 49.7 Å². The molecule has 144 valence electrons. The Morgan fingerprint density at radius 3 is 2.56 bits per heavy atom. The largest absolute Gasteiger partial charge is 0.341 e. The van der Waals surface area contributed by atoms with Crippen molar-refractivity contribution in [1.29, 1.82) is 0 Å². The van der Waals surface area contributed by atoms with Crippen molar-refractivity contribution in [2.75, 3.05) is 31.5 Å². The highest BCUT2D eigenvalue weighted by molar-refractivity contribution is 7.16. The van der Waals surface area contributed by atoms with Crippen LogP contribution in [0.25, 0.3) is 0 Å². The summed E-state index contributed by atoms with van der Waals surface area (Å²) in [6.07, 6.45) is 1.93. The lowest BCUT2D eigenvalue weighted by molar-refractivity contribution is -0.131. The Morgan fingerprint density at radius 1 is 1.04 bits per heavy atom. The molecule has 0 bridgehead atoms. The summed E-state index contributed by atoms with van der Waals surface area (Å²) in [5, 5.41) is 3.44. The van der Waals surface area contributed by atoms with E-state index in [1.54, 1.807) is 29.2 Å². The van der Waals surface area contributed by atoms with Crippen LogP contribution in [0.5, 0.6) is 0 Å². The summed E-state index contributed by atoms with van der Waals surface area (Å²) in [5.74, 6) is 0.122. The zero-order chi connectivity index (χ0) is 19.2. The smallest absolute Gasteiger partial charge is 0.321 e. The fourth-order valence-corrected chi connectivity index (χ4v) is 4.29. The number of anilines is 1. The minimum Gasteiger partial charge on any atom is -0.341 e. The molecule has 0 saturated carbocycles. The van der Waals surface area contributed by atoms with Gasteiger partial charge in [0.25, 0.3) is 0 Å². The average Bonchev–Trinajstić information content (AvgIpc) is 2.90. The number of nitrogens with zero attached hydrogens (tertiary/aromatic N) is 2. The summed E-state index contributed by atoms with van der Waals surface area (Å²) in [4.78, 5) is 29.7. The maximum Gasteiger partial charge on any atom is 0.321 e. The number of carbonyl (C=O) groups is 2. The number of amides is 3. The molecule has 2 heterocycles. The molecule has 1 aromatic heterocycles. The molecule has 1 N–H and O–H groups in total. The first-order valence-corrected chi connectivity index (χ1v) is 10.4. The van der Waals surface area contributed by atoms with Gasteiger partial charge in [0.2, 0.25) is 5.91 Å². The molecule has 0 spiro atoms. The van der Waals surface area contributed by atoms with E-state index in [1.807, 2.05) is 17.0 Å². The highest BCUT2D eigenvalue weighted by Crippen LogP contribution is 2.23. The second-order valence-corrected chi connectivity index (χ2v) is 8.60. The molecular weight excluding hydrogens is 405 g/mol. The van der Waals surface area contributed by atoms with Gasteiger partial charge in [0.05, 0.1) is 4.34 Å². The highest BCUT2D eigenvalue weighted by Gasteiger charge is 2.22. The first-order chi connectivity index (χ1) is 13.0. The van der Waals surface area contributed by atoms with E-state index in [0.717, 1.165) is 15.6 Å². The fourth-order valence-electron chi connectivity index (χ4n) is 3.01. The lowest BCUT2D eigenvalue weighted by atomic mass is 10.2. The van der Waals surface area contributed by atoms with Gasteiger partial charge < -0.3 is 15.1 Å². The molecule has 5 nitrogen and oxygen atoms in total. The van der Waals surface area contributed by atoms with Gasteiger partial charge in [0.1, 0.15) is 0 Å². The number of halogens is 2. The van der Waals surface area contributed by atoms with Crippen molar-refractivity contribution in [2.45, 2.75) is 19.3 Å². The van der Waals surface area contributed by atoms with Gasteiger partial charge >= 0.3 is 6.03 Å². The second-order valence-electron chi connectivity index (χ2n) is 6.37. The van der Waals surface area contributed by atoms with E-state index >= 15 is 0 Å². The molecule has 1 fully saturated rings. The van der Waals surface area contributed by atoms with Crippen LogP contribution < -0.4 is 5.32 Å². The first kappa shape index (κ1) is 20.0. The van der Waals surface area contributed by atoms with Crippen LogP contribution in [-0.4, -0.2) is 47.9 Å². The van der Waals surface area contributed by atoms with Crippen LogP contribution in [-0.2, 0) is 11.2 Å². The van der Waals surface area contributed by atoms with Gasteiger partial charge in [-0.05, 0) is 43.2 Å². The topological polar surface area (TPSA) is 52.7 Å². The summed E-state index contributed by atoms with van der Waals surface area (Å²) in [5.41, 5.74) is 0.666. The van der Waals surface area contributed by atoms with Gasteiger partial charge in [-0.25, -0.2) is 4.79 Å². The number of urea groups is 1. The molecule has 8 heteroatoms. The number of hydrogen-bond donors (Lipinski definition) is 1. The van der Waals surface area contributed by atoms with Crippen LogP contribution in [0.3, 0.4) is 0 Å². The van der Waals surface area contributed by atoms with Crippen molar-refractivity contribution >= 4 is 52.2 Å². The molecule has 1 aliphatic heterocycles. The number of nitrogens with one attached hydrogen (secondary N) is 1. The molecule has 0 aliphatic carbocycles. The van der Waals surface area contributed by atoms with E-state index in [9.17, 15) is 9.59 Å². The molecule has 3 amide bonds. The quantitative estimate of drug-likeness (QED) is 0.767. The number of thiophene rings is 1. The lowest BCUT2D eigenvalue weighted by Crippen LogP contribution is -2.39. The molecular formula is C19H21Cl2N3O2S. The molecule has 1 aliphatic rings. The number of rotatable bonds is 4. The van der Waals surface area contributed by atoms with Crippen LogP contribution in [0.4, 0.5) is 10.5 Å². The second kappa shape index (κ2) is 9.44. The maximum absolute atomic E-state index is 12.5. The number of hydrogen-bond acceptors (Lipinski definition) is 3. The van der Waals surface area contributed by atoms with Crippen LogP contribution >= 0.6 is 34.5 Å².